The Balaban J connectivity index is 3.10. The molecule has 0 bridgehead atoms. The quantitative estimate of drug-likeness (QED) is 0.466. The predicted octanol–water partition coefficient (Wildman–Crippen LogP) is 3.00. The number of rotatable bonds is 5. The van der Waals surface area contributed by atoms with E-state index in [9.17, 15) is 14.9 Å². The lowest BCUT2D eigenvalue weighted by molar-refractivity contribution is -0.385. The maximum Gasteiger partial charge on any atom is 0.273 e. The van der Waals surface area contributed by atoms with Gasteiger partial charge in [0.25, 0.3) is 5.69 Å². The average molecular weight is 351 g/mol. The highest BCUT2D eigenvalue weighted by Gasteiger charge is 2.16. The first-order valence-corrected chi connectivity index (χ1v) is 6.72. The van der Waals surface area contributed by atoms with Gasteiger partial charge >= 0.3 is 0 Å². The van der Waals surface area contributed by atoms with Crippen LogP contribution in [0, 0.1) is 10.1 Å². The van der Waals surface area contributed by atoms with Gasteiger partial charge in [0.2, 0.25) is 0 Å². The molecule has 1 aromatic rings. The molecule has 0 aliphatic rings. The number of nitrogens with zero attached hydrogens (tertiary/aromatic N) is 1. The molecule has 0 N–H and O–H groups in total. The average Bonchev–Trinajstić information content (AvgIpc) is 2.28. The molecule has 0 heterocycles. The topological polar surface area (TPSA) is 60.2 Å². The standard InChI is InChI=1S/C10H9Br2NO3/c11-5-7-1-2-10(13(15)16)8(3-7)4-9(14)6-12/h1-3H,4-6H2. The summed E-state index contributed by atoms with van der Waals surface area (Å²) in [5.41, 5.74) is 1.38. The Labute approximate surface area is 109 Å². The minimum atomic E-state index is -0.463. The van der Waals surface area contributed by atoms with Gasteiger partial charge in [0.05, 0.1) is 10.3 Å². The summed E-state index contributed by atoms with van der Waals surface area (Å²) in [7, 11) is 0. The molecule has 0 fully saturated rings. The number of Topliss-reactive ketones (excluding diaryl/α,β-unsaturated/α-hetero) is 1. The number of hydrogen-bond donors (Lipinski definition) is 0. The minimum Gasteiger partial charge on any atom is -0.298 e. The van der Waals surface area contributed by atoms with Gasteiger partial charge in [-0.1, -0.05) is 37.9 Å². The van der Waals surface area contributed by atoms with E-state index >= 15 is 0 Å². The highest BCUT2D eigenvalue weighted by Crippen LogP contribution is 2.22. The van der Waals surface area contributed by atoms with Gasteiger partial charge in [-0.25, -0.2) is 0 Å². The van der Waals surface area contributed by atoms with Crippen LogP contribution in [0.2, 0.25) is 0 Å². The predicted molar refractivity (Wildman–Crippen MR) is 68.2 cm³/mol. The lowest BCUT2D eigenvalue weighted by Gasteiger charge is -2.03. The van der Waals surface area contributed by atoms with E-state index in [1.54, 1.807) is 12.1 Å². The van der Waals surface area contributed by atoms with E-state index in [0.717, 1.165) is 5.56 Å². The maximum absolute atomic E-state index is 11.3. The molecule has 0 unspecified atom stereocenters. The second-order valence-electron chi connectivity index (χ2n) is 3.20. The molecule has 0 saturated carbocycles. The van der Waals surface area contributed by atoms with Crippen molar-refractivity contribution in [1.29, 1.82) is 0 Å². The monoisotopic (exact) mass is 349 g/mol. The minimum absolute atomic E-state index is 0.000926. The van der Waals surface area contributed by atoms with Gasteiger partial charge in [0.1, 0.15) is 5.78 Å². The zero-order valence-corrected chi connectivity index (χ0v) is 11.5. The van der Waals surface area contributed by atoms with Gasteiger partial charge < -0.3 is 0 Å². The summed E-state index contributed by atoms with van der Waals surface area (Å²) in [5.74, 6) is -0.0742. The fourth-order valence-corrected chi connectivity index (χ4v) is 1.85. The van der Waals surface area contributed by atoms with Crippen molar-refractivity contribution in [3.8, 4) is 0 Å². The molecule has 0 aromatic heterocycles. The molecule has 86 valence electrons. The molecule has 0 aliphatic carbocycles. The molecule has 1 aromatic carbocycles. The molecule has 1 rings (SSSR count). The highest BCUT2D eigenvalue weighted by atomic mass is 79.9. The van der Waals surface area contributed by atoms with E-state index in [2.05, 4.69) is 31.9 Å². The highest BCUT2D eigenvalue weighted by molar-refractivity contribution is 9.09. The zero-order valence-electron chi connectivity index (χ0n) is 8.28. The van der Waals surface area contributed by atoms with E-state index in [0.29, 0.717) is 10.9 Å². The summed E-state index contributed by atoms with van der Waals surface area (Å²) >= 11 is 6.31. The number of nitro groups is 1. The second kappa shape index (κ2) is 6.10. The number of benzene rings is 1. The van der Waals surface area contributed by atoms with Crippen LogP contribution in [0.25, 0.3) is 0 Å². The van der Waals surface area contributed by atoms with Gasteiger partial charge in [-0.2, -0.15) is 0 Å². The zero-order chi connectivity index (χ0) is 12.1. The molecular formula is C10H9Br2NO3. The first kappa shape index (κ1) is 13.3. The largest absolute Gasteiger partial charge is 0.298 e. The van der Waals surface area contributed by atoms with Gasteiger partial charge in [-0.05, 0) is 11.6 Å². The summed E-state index contributed by atoms with van der Waals surface area (Å²) in [6.07, 6.45) is 0.0857. The molecule has 0 spiro atoms. The molecule has 0 atom stereocenters. The van der Waals surface area contributed by atoms with Gasteiger partial charge in [0, 0.05) is 23.4 Å². The van der Waals surface area contributed by atoms with Gasteiger partial charge in [-0.3, -0.25) is 14.9 Å². The molecule has 4 nitrogen and oxygen atoms in total. The number of nitro benzene ring substituents is 1. The molecule has 0 aliphatic heterocycles. The lowest BCUT2D eigenvalue weighted by Crippen LogP contribution is -2.06. The van der Waals surface area contributed by atoms with Crippen molar-refractivity contribution < 1.29 is 9.72 Å². The third-order valence-electron chi connectivity index (χ3n) is 2.03. The molecule has 0 radical (unpaired) electrons. The first-order chi connectivity index (χ1) is 7.58. The Morgan fingerprint density at radius 2 is 2.06 bits per heavy atom. The van der Waals surface area contributed by atoms with Crippen LogP contribution >= 0.6 is 31.9 Å². The maximum atomic E-state index is 11.3. The summed E-state index contributed by atoms with van der Waals surface area (Å²) in [5, 5.41) is 11.6. The van der Waals surface area contributed by atoms with Crippen molar-refractivity contribution in [3.63, 3.8) is 0 Å². The number of carbonyl (C=O) groups excluding carboxylic acids is 1. The molecule has 6 heteroatoms. The molecule has 16 heavy (non-hydrogen) atoms. The smallest absolute Gasteiger partial charge is 0.273 e. The number of alkyl halides is 2. The van der Waals surface area contributed by atoms with E-state index in [1.807, 2.05) is 0 Å². The fourth-order valence-electron chi connectivity index (χ4n) is 1.30. The van der Waals surface area contributed by atoms with Crippen LogP contribution in [0.5, 0.6) is 0 Å². The van der Waals surface area contributed by atoms with Crippen LogP contribution in [0.3, 0.4) is 0 Å². The summed E-state index contributed by atoms with van der Waals surface area (Å²) in [6, 6.07) is 4.80. The SMILES string of the molecule is O=C(CBr)Cc1cc(CBr)ccc1[N+](=O)[O-]. The van der Waals surface area contributed by atoms with Crippen molar-refractivity contribution in [1.82, 2.24) is 0 Å². The Morgan fingerprint density at radius 1 is 1.38 bits per heavy atom. The van der Waals surface area contributed by atoms with Crippen molar-refractivity contribution >= 4 is 43.3 Å². The Bertz CT molecular complexity index is 421. The van der Waals surface area contributed by atoms with Gasteiger partial charge in [-0.15, -0.1) is 0 Å². The third-order valence-corrected chi connectivity index (χ3v) is 3.30. The lowest BCUT2D eigenvalue weighted by atomic mass is 10.0. The van der Waals surface area contributed by atoms with Gasteiger partial charge in [0.15, 0.2) is 0 Å². The number of hydrogen-bond acceptors (Lipinski definition) is 3. The van der Waals surface area contributed by atoms with Crippen LogP contribution in [-0.2, 0) is 16.5 Å². The van der Waals surface area contributed by atoms with Crippen LogP contribution in [-0.4, -0.2) is 16.0 Å². The fraction of sp³-hybridized carbons (Fsp3) is 0.300. The molecular weight excluding hydrogens is 342 g/mol. The van der Waals surface area contributed by atoms with Crippen molar-refractivity contribution in [2.45, 2.75) is 11.8 Å². The second-order valence-corrected chi connectivity index (χ2v) is 4.32. The number of ketones is 1. The molecule has 0 amide bonds. The van der Waals surface area contributed by atoms with Crippen molar-refractivity contribution in [2.24, 2.45) is 0 Å². The Morgan fingerprint density at radius 3 is 2.56 bits per heavy atom. The van der Waals surface area contributed by atoms with Crippen LogP contribution in [0.1, 0.15) is 11.1 Å². The third kappa shape index (κ3) is 3.38. The number of halogens is 2. The number of carbonyl (C=O) groups is 1. The normalized spacial score (nSPS) is 10.1. The van der Waals surface area contributed by atoms with Crippen molar-refractivity contribution in [3.05, 3.63) is 39.4 Å². The Hall–Kier alpha value is -0.750. The summed E-state index contributed by atoms with van der Waals surface area (Å²) < 4.78 is 0. The van der Waals surface area contributed by atoms with E-state index in [1.165, 1.54) is 6.07 Å². The van der Waals surface area contributed by atoms with E-state index < -0.39 is 4.92 Å². The first-order valence-electron chi connectivity index (χ1n) is 4.48. The van der Waals surface area contributed by atoms with Crippen LogP contribution in [0.4, 0.5) is 5.69 Å². The van der Waals surface area contributed by atoms with Crippen LogP contribution in [0.15, 0.2) is 18.2 Å². The van der Waals surface area contributed by atoms with Crippen LogP contribution < -0.4 is 0 Å². The van der Waals surface area contributed by atoms with E-state index in [4.69, 9.17) is 0 Å². The van der Waals surface area contributed by atoms with E-state index in [-0.39, 0.29) is 23.2 Å². The van der Waals surface area contributed by atoms with Crippen molar-refractivity contribution in [2.75, 3.05) is 5.33 Å². The molecule has 0 saturated heterocycles. The summed E-state index contributed by atoms with van der Waals surface area (Å²) in [6.45, 7) is 0. The summed E-state index contributed by atoms with van der Waals surface area (Å²) in [4.78, 5) is 21.6. The Kier molecular flexibility index (Phi) is 5.08.